The van der Waals surface area contributed by atoms with E-state index in [1.165, 1.54) is 36.0 Å². The van der Waals surface area contributed by atoms with E-state index in [4.69, 9.17) is 0 Å². The standard InChI is InChI=1S/C17H25NO/c1-13-8-9-15(12-14(13)2)10-11-17(19)18-16-6-4-3-5-7-16/h8-9,12,16H,3-7,10-11H2,1-2H3,(H,18,19). The average molecular weight is 259 g/mol. The van der Waals surface area contributed by atoms with Crippen molar-refractivity contribution in [1.29, 1.82) is 0 Å². The highest BCUT2D eigenvalue weighted by Gasteiger charge is 2.15. The summed E-state index contributed by atoms with van der Waals surface area (Å²) in [5.74, 6) is 0.213. The van der Waals surface area contributed by atoms with Gasteiger partial charge in [0.2, 0.25) is 5.91 Å². The summed E-state index contributed by atoms with van der Waals surface area (Å²) in [6.45, 7) is 4.25. The number of rotatable bonds is 4. The Morgan fingerprint density at radius 3 is 2.58 bits per heavy atom. The van der Waals surface area contributed by atoms with Crippen LogP contribution in [0, 0.1) is 13.8 Å². The maximum absolute atomic E-state index is 11.9. The van der Waals surface area contributed by atoms with E-state index in [0.29, 0.717) is 12.5 Å². The normalized spacial score (nSPS) is 16.3. The first kappa shape index (κ1) is 14.1. The van der Waals surface area contributed by atoms with E-state index in [2.05, 4.69) is 37.4 Å². The Hall–Kier alpha value is -1.31. The van der Waals surface area contributed by atoms with Crippen LogP contribution in [0.2, 0.25) is 0 Å². The van der Waals surface area contributed by atoms with Crippen LogP contribution in [-0.2, 0) is 11.2 Å². The summed E-state index contributed by atoms with van der Waals surface area (Å²) in [5, 5.41) is 3.18. The molecule has 0 bridgehead atoms. The summed E-state index contributed by atoms with van der Waals surface area (Å²) in [4.78, 5) is 11.9. The van der Waals surface area contributed by atoms with Crippen LogP contribution >= 0.6 is 0 Å². The van der Waals surface area contributed by atoms with Crippen LogP contribution < -0.4 is 5.32 Å². The smallest absolute Gasteiger partial charge is 0.220 e. The van der Waals surface area contributed by atoms with Gasteiger partial charge < -0.3 is 5.32 Å². The lowest BCUT2D eigenvalue weighted by molar-refractivity contribution is -0.121. The summed E-state index contributed by atoms with van der Waals surface area (Å²) in [5.41, 5.74) is 3.89. The fourth-order valence-corrected chi connectivity index (χ4v) is 2.76. The van der Waals surface area contributed by atoms with Gasteiger partial charge in [0.15, 0.2) is 0 Å². The summed E-state index contributed by atoms with van der Waals surface area (Å²) >= 11 is 0. The van der Waals surface area contributed by atoms with Gasteiger partial charge in [-0.25, -0.2) is 0 Å². The molecule has 1 fully saturated rings. The van der Waals surface area contributed by atoms with Crippen molar-refractivity contribution in [2.75, 3.05) is 0 Å². The van der Waals surface area contributed by atoms with E-state index >= 15 is 0 Å². The number of nitrogens with one attached hydrogen (secondary N) is 1. The van der Waals surface area contributed by atoms with E-state index in [-0.39, 0.29) is 5.91 Å². The van der Waals surface area contributed by atoms with Crippen molar-refractivity contribution in [2.24, 2.45) is 0 Å². The van der Waals surface area contributed by atoms with Crippen LogP contribution in [0.5, 0.6) is 0 Å². The summed E-state index contributed by atoms with van der Waals surface area (Å²) in [6.07, 6.45) is 7.64. The first-order valence-corrected chi connectivity index (χ1v) is 7.50. The van der Waals surface area contributed by atoms with Gasteiger partial charge in [0.1, 0.15) is 0 Å². The fraction of sp³-hybridized carbons (Fsp3) is 0.588. The minimum absolute atomic E-state index is 0.213. The molecule has 0 atom stereocenters. The number of benzene rings is 1. The van der Waals surface area contributed by atoms with Crippen molar-refractivity contribution in [3.8, 4) is 0 Å². The minimum Gasteiger partial charge on any atom is -0.353 e. The zero-order valence-electron chi connectivity index (χ0n) is 12.2. The van der Waals surface area contributed by atoms with E-state index in [1.807, 2.05) is 0 Å². The van der Waals surface area contributed by atoms with Gasteiger partial charge in [-0.05, 0) is 49.8 Å². The second-order valence-electron chi connectivity index (χ2n) is 5.82. The van der Waals surface area contributed by atoms with Gasteiger partial charge in [-0.1, -0.05) is 37.5 Å². The van der Waals surface area contributed by atoms with E-state index < -0.39 is 0 Å². The molecule has 2 nitrogen and oxygen atoms in total. The third-order valence-corrected chi connectivity index (χ3v) is 4.18. The van der Waals surface area contributed by atoms with Gasteiger partial charge in [0, 0.05) is 12.5 Å². The second kappa shape index (κ2) is 6.74. The molecule has 0 unspecified atom stereocenters. The number of carbonyl (C=O) groups is 1. The molecule has 1 N–H and O–H groups in total. The average Bonchev–Trinajstić information content (AvgIpc) is 2.41. The van der Waals surface area contributed by atoms with Gasteiger partial charge >= 0.3 is 0 Å². The molecule has 1 amide bonds. The highest BCUT2D eigenvalue weighted by atomic mass is 16.1. The van der Waals surface area contributed by atoms with E-state index in [1.54, 1.807) is 0 Å². The molecule has 0 heterocycles. The van der Waals surface area contributed by atoms with Crippen molar-refractivity contribution in [2.45, 2.75) is 64.8 Å². The van der Waals surface area contributed by atoms with Gasteiger partial charge in [-0.3, -0.25) is 4.79 Å². The monoisotopic (exact) mass is 259 g/mol. The van der Waals surface area contributed by atoms with Gasteiger partial charge in [0.25, 0.3) is 0 Å². The molecule has 104 valence electrons. The third-order valence-electron chi connectivity index (χ3n) is 4.18. The lowest BCUT2D eigenvalue weighted by Gasteiger charge is -2.22. The molecule has 0 aliphatic heterocycles. The Morgan fingerprint density at radius 1 is 1.16 bits per heavy atom. The molecule has 1 aromatic carbocycles. The molecule has 1 aliphatic carbocycles. The second-order valence-corrected chi connectivity index (χ2v) is 5.82. The number of hydrogen-bond acceptors (Lipinski definition) is 1. The zero-order valence-corrected chi connectivity index (χ0v) is 12.2. The predicted molar refractivity (Wildman–Crippen MR) is 79.3 cm³/mol. The molecule has 1 aliphatic rings. The first-order valence-electron chi connectivity index (χ1n) is 7.50. The Balaban J connectivity index is 1.77. The molecule has 2 rings (SSSR count). The summed E-state index contributed by atoms with van der Waals surface area (Å²) in [7, 11) is 0. The fourth-order valence-electron chi connectivity index (χ4n) is 2.76. The van der Waals surface area contributed by atoms with Crippen molar-refractivity contribution in [1.82, 2.24) is 5.32 Å². The maximum Gasteiger partial charge on any atom is 0.220 e. The molecule has 0 spiro atoms. The molecule has 1 saturated carbocycles. The van der Waals surface area contributed by atoms with Crippen molar-refractivity contribution in [3.05, 3.63) is 34.9 Å². The van der Waals surface area contributed by atoms with Crippen LogP contribution in [0.1, 0.15) is 55.2 Å². The van der Waals surface area contributed by atoms with Crippen molar-refractivity contribution in [3.63, 3.8) is 0 Å². The molecular formula is C17H25NO. The Bertz CT molecular complexity index is 433. The number of aryl methyl sites for hydroxylation is 3. The Kier molecular flexibility index (Phi) is 5.00. The Morgan fingerprint density at radius 2 is 1.89 bits per heavy atom. The SMILES string of the molecule is Cc1ccc(CCC(=O)NC2CCCCC2)cc1C. The highest BCUT2D eigenvalue weighted by Crippen LogP contribution is 2.17. The predicted octanol–water partition coefficient (Wildman–Crippen LogP) is 3.68. The van der Waals surface area contributed by atoms with E-state index in [0.717, 1.165) is 19.3 Å². The molecule has 1 aromatic rings. The van der Waals surface area contributed by atoms with Gasteiger partial charge in [0.05, 0.1) is 0 Å². The van der Waals surface area contributed by atoms with Gasteiger partial charge in [-0.2, -0.15) is 0 Å². The van der Waals surface area contributed by atoms with Crippen molar-refractivity contribution < 1.29 is 4.79 Å². The lowest BCUT2D eigenvalue weighted by Crippen LogP contribution is -2.36. The van der Waals surface area contributed by atoms with Crippen LogP contribution in [0.15, 0.2) is 18.2 Å². The molecule has 2 heteroatoms. The first-order chi connectivity index (χ1) is 9.15. The summed E-state index contributed by atoms with van der Waals surface area (Å²) < 4.78 is 0. The van der Waals surface area contributed by atoms with Crippen LogP contribution in [-0.4, -0.2) is 11.9 Å². The quantitative estimate of drug-likeness (QED) is 0.878. The summed E-state index contributed by atoms with van der Waals surface area (Å²) in [6, 6.07) is 6.91. The largest absolute Gasteiger partial charge is 0.353 e. The minimum atomic E-state index is 0.213. The lowest BCUT2D eigenvalue weighted by atomic mass is 9.95. The molecule has 0 radical (unpaired) electrons. The maximum atomic E-state index is 11.9. The topological polar surface area (TPSA) is 29.1 Å². The van der Waals surface area contributed by atoms with Crippen LogP contribution in [0.4, 0.5) is 0 Å². The molecule has 0 aromatic heterocycles. The highest BCUT2D eigenvalue weighted by molar-refractivity contribution is 5.76. The Labute approximate surface area is 116 Å². The van der Waals surface area contributed by atoms with E-state index in [9.17, 15) is 4.79 Å². The number of hydrogen-bond donors (Lipinski definition) is 1. The number of carbonyl (C=O) groups excluding carboxylic acids is 1. The van der Waals surface area contributed by atoms with Gasteiger partial charge in [-0.15, -0.1) is 0 Å². The molecular weight excluding hydrogens is 234 g/mol. The zero-order chi connectivity index (χ0) is 13.7. The molecule has 0 saturated heterocycles. The third kappa shape index (κ3) is 4.38. The number of amides is 1. The van der Waals surface area contributed by atoms with Crippen LogP contribution in [0.25, 0.3) is 0 Å². The van der Waals surface area contributed by atoms with Crippen LogP contribution in [0.3, 0.4) is 0 Å². The molecule has 19 heavy (non-hydrogen) atoms. The van der Waals surface area contributed by atoms with Crippen molar-refractivity contribution >= 4 is 5.91 Å².